The number of nitrogens with zero attached hydrogens (tertiary/aromatic N) is 1. The Labute approximate surface area is 297 Å². The molecule has 2 nitrogen and oxygen atoms in total. The lowest BCUT2D eigenvalue weighted by Gasteiger charge is -2.28. The summed E-state index contributed by atoms with van der Waals surface area (Å²) in [5, 5.41) is 4.78. The molecular formula is C49H35NO. The number of hydrogen-bond acceptors (Lipinski definition) is 2. The van der Waals surface area contributed by atoms with E-state index in [0.29, 0.717) is 0 Å². The van der Waals surface area contributed by atoms with E-state index in [4.69, 9.17) is 4.42 Å². The first-order chi connectivity index (χ1) is 25.0. The van der Waals surface area contributed by atoms with Crippen LogP contribution in [0.1, 0.15) is 25.0 Å². The molecule has 0 saturated heterocycles. The average molecular weight is 654 g/mol. The third-order valence-corrected chi connectivity index (χ3v) is 10.8. The quantitative estimate of drug-likeness (QED) is 0.184. The third-order valence-electron chi connectivity index (χ3n) is 10.8. The maximum atomic E-state index is 6.58. The summed E-state index contributed by atoms with van der Waals surface area (Å²) in [6, 6.07) is 63.6. The maximum absolute atomic E-state index is 6.58. The van der Waals surface area contributed by atoms with E-state index in [9.17, 15) is 0 Å². The van der Waals surface area contributed by atoms with E-state index in [1.807, 2.05) is 0 Å². The van der Waals surface area contributed by atoms with Crippen molar-refractivity contribution in [2.45, 2.75) is 19.3 Å². The maximum Gasteiger partial charge on any atom is 0.136 e. The van der Waals surface area contributed by atoms with Gasteiger partial charge in [-0.3, -0.25) is 0 Å². The average Bonchev–Trinajstić information content (AvgIpc) is 3.66. The molecule has 0 bridgehead atoms. The Kier molecular flexibility index (Phi) is 6.56. The van der Waals surface area contributed by atoms with Gasteiger partial charge in [-0.25, -0.2) is 0 Å². The molecule has 10 rings (SSSR count). The Morgan fingerprint density at radius 3 is 1.90 bits per heavy atom. The van der Waals surface area contributed by atoms with E-state index in [2.05, 4.69) is 195 Å². The predicted molar refractivity (Wildman–Crippen MR) is 214 cm³/mol. The van der Waals surface area contributed by atoms with Gasteiger partial charge in [-0.2, -0.15) is 0 Å². The Hall–Kier alpha value is -6.38. The van der Waals surface area contributed by atoms with Gasteiger partial charge >= 0.3 is 0 Å². The molecule has 0 saturated carbocycles. The second kappa shape index (κ2) is 11.3. The number of furan rings is 1. The first-order valence-electron chi connectivity index (χ1n) is 17.7. The molecule has 0 aliphatic heterocycles. The summed E-state index contributed by atoms with van der Waals surface area (Å²) in [6.45, 7) is 4.72. The van der Waals surface area contributed by atoms with Gasteiger partial charge in [0.15, 0.2) is 0 Å². The van der Waals surface area contributed by atoms with Crippen LogP contribution < -0.4 is 4.90 Å². The largest absolute Gasteiger partial charge is 0.456 e. The molecule has 1 aliphatic rings. The fourth-order valence-corrected chi connectivity index (χ4v) is 8.32. The molecule has 9 aromatic rings. The van der Waals surface area contributed by atoms with Crippen molar-refractivity contribution >= 4 is 49.8 Å². The SMILES string of the molecule is CC1(C)c2cc(N(c3cccc(-c4ccccc4)c3)c3ccc4ccccc4c3)ccc2-c2c1cc1oc3ccccc3c1c2-c1ccccc1. The topological polar surface area (TPSA) is 16.4 Å². The number of para-hydroxylation sites is 1. The van der Waals surface area contributed by atoms with Gasteiger partial charge in [0.05, 0.1) is 0 Å². The van der Waals surface area contributed by atoms with E-state index in [1.54, 1.807) is 0 Å². The van der Waals surface area contributed by atoms with Gasteiger partial charge in [0, 0.05) is 38.8 Å². The molecule has 0 unspecified atom stereocenters. The van der Waals surface area contributed by atoms with Crippen LogP contribution in [0.4, 0.5) is 17.1 Å². The van der Waals surface area contributed by atoms with Crippen LogP contribution in [-0.4, -0.2) is 0 Å². The first-order valence-corrected chi connectivity index (χ1v) is 17.7. The number of anilines is 3. The van der Waals surface area contributed by atoms with Gasteiger partial charge < -0.3 is 9.32 Å². The van der Waals surface area contributed by atoms with Crippen molar-refractivity contribution in [3.63, 3.8) is 0 Å². The zero-order chi connectivity index (χ0) is 34.1. The minimum absolute atomic E-state index is 0.266. The van der Waals surface area contributed by atoms with Crippen molar-refractivity contribution < 1.29 is 4.42 Å². The molecule has 0 atom stereocenters. The van der Waals surface area contributed by atoms with Crippen molar-refractivity contribution in [3.8, 4) is 33.4 Å². The minimum atomic E-state index is -0.266. The fourth-order valence-electron chi connectivity index (χ4n) is 8.32. The molecule has 1 aromatic heterocycles. The molecule has 0 radical (unpaired) electrons. The molecule has 0 amide bonds. The third kappa shape index (κ3) is 4.64. The summed E-state index contributed by atoms with van der Waals surface area (Å²) in [4.78, 5) is 2.41. The normalized spacial score (nSPS) is 13.1. The smallest absolute Gasteiger partial charge is 0.136 e. The lowest BCUT2D eigenvalue weighted by atomic mass is 9.81. The highest BCUT2D eigenvalue weighted by Gasteiger charge is 2.39. The summed E-state index contributed by atoms with van der Waals surface area (Å²) in [5.41, 5.74) is 15.0. The van der Waals surface area contributed by atoms with Crippen molar-refractivity contribution in [2.24, 2.45) is 0 Å². The van der Waals surface area contributed by atoms with Gasteiger partial charge in [0.2, 0.25) is 0 Å². The van der Waals surface area contributed by atoms with Crippen molar-refractivity contribution in [1.29, 1.82) is 0 Å². The van der Waals surface area contributed by atoms with Crippen LogP contribution in [0, 0.1) is 0 Å². The van der Waals surface area contributed by atoms with Gasteiger partial charge in [-0.15, -0.1) is 0 Å². The number of fused-ring (bicyclic) bond motifs is 7. The summed E-state index contributed by atoms with van der Waals surface area (Å²) in [6.07, 6.45) is 0. The Bertz CT molecular complexity index is 2770. The highest BCUT2D eigenvalue weighted by molar-refractivity contribution is 6.17. The Morgan fingerprint density at radius 2 is 1.08 bits per heavy atom. The molecule has 51 heavy (non-hydrogen) atoms. The summed E-state index contributed by atoms with van der Waals surface area (Å²) < 4.78 is 6.58. The van der Waals surface area contributed by atoms with E-state index >= 15 is 0 Å². The van der Waals surface area contributed by atoms with E-state index in [-0.39, 0.29) is 5.41 Å². The molecule has 0 spiro atoms. The van der Waals surface area contributed by atoms with E-state index in [0.717, 1.165) is 33.6 Å². The van der Waals surface area contributed by atoms with Crippen LogP contribution in [0.5, 0.6) is 0 Å². The zero-order valence-corrected chi connectivity index (χ0v) is 28.6. The molecule has 2 heteroatoms. The molecule has 1 heterocycles. The molecule has 1 aliphatic carbocycles. The highest BCUT2D eigenvalue weighted by Crippen LogP contribution is 2.56. The van der Waals surface area contributed by atoms with Gasteiger partial charge in [0.25, 0.3) is 0 Å². The van der Waals surface area contributed by atoms with Crippen LogP contribution in [0.2, 0.25) is 0 Å². The fraction of sp³-hybridized carbons (Fsp3) is 0.0612. The van der Waals surface area contributed by atoms with Gasteiger partial charge in [0.1, 0.15) is 11.2 Å². The lowest BCUT2D eigenvalue weighted by Crippen LogP contribution is -2.16. The monoisotopic (exact) mass is 653 g/mol. The van der Waals surface area contributed by atoms with Crippen LogP contribution >= 0.6 is 0 Å². The van der Waals surface area contributed by atoms with Crippen LogP contribution in [0.15, 0.2) is 180 Å². The molecule has 242 valence electrons. The predicted octanol–water partition coefficient (Wildman–Crippen LogP) is 13.8. The van der Waals surface area contributed by atoms with E-state index < -0.39 is 0 Å². The van der Waals surface area contributed by atoms with Crippen molar-refractivity contribution in [2.75, 3.05) is 4.90 Å². The molecule has 0 N–H and O–H groups in total. The second-order valence-corrected chi connectivity index (χ2v) is 14.1. The van der Waals surface area contributed by atoms with E-state index in [1.165, 1.54) is 60.7 Å². The summed E-state index contributed by atoms with van der Waals surface area (Å²) in [7, 11) is 0. The molecule has 8 aromatic carbocycles. The van der Waals surface area contributed by atoms with Gasteiger partial charge in [-0.05, 0) is 98.2 Å². The summed E-state index contributed by atoms with van der Waals surface area (Å²) >= 11 is 0. The second-order valence-electron chi connectivity index (χ2n) is 14.1. The van der Waals surface area contributed by atoms with Crippen molar-refractivity contribution in [3.05, 3.63) is 187 Å². The van der Waals surface area contributed by atoms with Gasteiger partial charge in [-0.1, -0.05) is 141 Å². The summed E-state index contributed by atoms with van der Waals surface area (Å²) in [5.74, 6) is 0. The van der Waals surface area contributed by atoms with Crippen LogP contribution in [0.25, 0.3) is 66.1 Å². The Balaban J connectivity index is 1.21. The number of rotatable bonds is 5. The zero-order valence-electron chi connectivity index (χ0n) is 28.6. The number of hydrogen-bond donors (Lipinski definition) is 0. The van der Waals surface area contributed by atoms with Crippen molar-refractivity contribution in [1.82, 2.24) is 0 Å². The van der Waals surface area contributed by atoms with Crippen LogP contribution in [-0.2, 0) is 5.41 Å². The Morgan fingerprint density at radius 1 is 0.431 bits per heavy atom. The highest BCUT2D eigenvalue weighted by atomic mass is 16.3. The number of benzene rings is 8. The lowest BCUT2D eigenvalue weighted by molar-refractivity contribution is 0.647. The minimum Gasteiger partial charge on any atom is -0.456 e. The first kappa shape index (κ1) is 29.5. The molecule has 0 fully saturated rings. The molecular weight excluding hydrogens is 619 g/mol. The standard InChI is InChI=1S/C49H35NO/c1-49(2)42-30-39(50(38-25-24-33-16-9-10-19-35(33)29-38)37-21-13-20-36(28-37)32-14-5-3-6-15-32)26-27-40(42)47-43(49)31-45-48(41-22-11-12-23-44(41)51-45)46(47)34-17-7-4-8-18-34/h3-31H,1-2H3. The van der Waals surface area contributed by atoms with Crippen LogP contribution in [0.3, 0.4) is 0 Å².